The zero-order valence-corrected chi connectivity index (χ0v) is 14.9. The topological polar surface area (TPSA) is 18.5 Å². The van der Waals surface area contributed by atoms with Crippen molar-refractivity contribution < 1.29 is 9.47 Å². The number of fused-ring (bicyclic) bond motifs is 1. The summed E-state index contributed by atoms with van der Waals surface area (Å²) in [4.78, 5) is 1.19. The van der Waals surface area contributed by atoms with Crippen LogP contribution in [0.4, 0.5) is 0 Å². The molecule has 1 aliphatic heterocycles. The maximum atomic E-state index is 5.86. The van der Waals surface area contributed by atoms with E-state index in [2.05, 4.69) is 26.0 Å². The molecule has 4 heteroatoms. The van der Waals surface area contributed by atoms with E-state index in [1.165, 1.54) is 40.5 Å². The third-order valence-corrected chi connectivity index (χ3v) is 6.31. The van der Waals surface area contributed by atoms with Gasteiger partial charge in [0.1, 0.15) is 17.4 Å². The van der Waals surface area contributed by atoms with Gasteiger partial charge in [-0.25, -0.2) is 0 Å². The molecule has 2 nitrogen and oxygen atoms in total. The molecule has 1 atom stereocenters. The molecule has 1 unspecified atom stereocenters. The van der Waals surface area contributed by atoms with Crippen molar-refractivity contribution in [3.63, 3.8) is 0 Å². The summed E-state index contributed by atoms with van der Waals surface area (Å²) in [6.07, 6.45) is 9.42. The number of hydrogen-bond acceptors (Lipinski definition) is 4. The predicted octanol–water partition coefficient (Wildman–Crippen LogP) is 5.86. The SMILES string of the molecule is C/C=C/c1sc(SCC(CC)CCCC)c2c1OCCO2. The highest BCUT2D eigenvalue weighted by Gasteiger charge is 2.24. The maximum Gasteiger partial charge on any atom is 0.186 e. The number of thiophene rings is 1. The van der Waals surface area contributed by atoms with E-state index in [0.29, 0.717) is 13.2 Å². The zero-order chi connectivity index (χ0) is 15.1. The van der Waals surface area contributed by atoms with Gasteiger partial charge in [-0.05, 0) is 25.3 Å². The summed E-state index contributed by atoms with van der Waals surface area (Å²) in [5.41, 5.74) is 0. The summed E-state index contributed by atoms with van der Waals surface area (Å²) in [6, 6.07) is 0. The number of thioether (sulfide) groups is 1. The van der Waals surface area contributed by atoms with E-state index in [1.54, 1.807) is 11.3 Å². The molecule has 0 saturated heterocycles. The first-order valence-electron chi connectivity index (χ1n) is 7.97. The molecule has 0 bridgehead atoms. The van der Waals surface area contributed by atoms with Crippen LogP contribution in [0.15, 0.2) is 10.3 Å². The van der Waals surface area contributed by atoms with Crippen molar-refractivity contribution in [3.8, 4) is 11.5 Å². The summed E-state index contributed by atoms with van der Waals surface area (Å²) in [6.45, 7) is 7.94. The van der Waals surface area contributed by atoms with E-state index in [-0.39, 0.29) is 0 Å². The Balaban J connectivity index is 2.05. The van der Waals surface area contributed by atoms with Crippen molar-refractivity contribution >= 4 is 29.2 Å². The first kappa shape index (κ1) is 16.8. The second-order valence-electron chi connectivity index (χ2n) is 5.34. The van der Waals surface area contributed by atoms with Crippen LogP contribution in [-0.2, 0) is 0 Å². The Hall–Kier alpha value is -0.610. The Labute approximate surface area is 136 Å². The molecule has 0 saturated carbocycles. The van der Waals surface area contributed by atoms with E-state index in [4.69, 9.17) is 9.47 Å². The third-order valence-electron chi connectivity index (χ3n) is 3.71. The lowest BCUT2D eigenvalue weighted by molar-refractivity contribution is 0.169. The number of unbranched alkanes of at least 4 members (excludes halogenated alkanes) is 1. The smallest absolute Gasteiger partial charge is 0.186 e. The predicted molar refractivity (Wildman–Crippen MR) is 94.0 cm³/mol. The fourth-order valence-electron chi connectivity index (χ4n) is 2.39. The van der Waals surface area contributed by atoms with Gasteiger partial charge in [0.15, 0.2) is 11.5 Å². The number of allylic oxidation sites excluding steroid dienone is 1. The lowest BCUT2D eigenvalue weighted by atomic mass is 10.0. The average molecular weight is 327 g/mol. The minimum atomic E-state index is 0.659. The van der Waals surface area contributed by atoms with Gasteiger partial charge in [0.25, 0.3) is 0 Å². The Morgan fingerprint density at radius 3 is 2.67 bits per heavy atom. The van der Waals surface area contributed by atoms with Crippen molar-refractivity contribution in [2.75, 3.05) is 19.0 Å². The molecule has 21 heavy (non-hydrogen) atoms. The van der Waals surface area contributed by atoms with Crippen LogP contribution in [0.5, 0.6) is 11.5 Å². The fourth-order valence-corrected chi connectivity index (χ4v) is 5.07. The second-order valence-corrected chi connectivity index (χ2v) is 7.68. The van der Waals surface area contributed by atoms with Gasteiger partial charge in [-0.2, -0.15) is 0 Å². The van der Waals surface area contributed by atoms with Crippen LogP contribution < -0.4 is 9.47 Å². The third kappa shape index (κ3) is 4.43. The van der Waals surface area contributed by atoms with Gasteiger partial charge >= 0.3 is 0 Å². The molecule has 0 aliphatic carbocycles. The van der Waals surface area contributed by atoms with Crippen LogP contribution >= 0.6 is 23.1 Å². The molecule has 0 radical (unpaired) electrons. The van der Waals surface area contributed by atoms with Crippen molar-refractivity contribution in [2.24, 2.45) is 5.92 Å². The van der Waals surface area contributed by atoms with Crippen molar-refractivity contribution in [1.82, 2.24) is 0 Å². The molecule has 118 valence electrons. The van der Waals surface area contributed by atoms with E-state index in [9.17, 15) is 0 Å². The lowest BCUT2D eigenvalue weighted by Gasteiger charge is -2.17. The highest BCUT2D eigenvalue weighted by atomic mass is 32.2. The molecule has 1 aliphatic rings. The Kier molecular flexibility index (Phi) is 6.97. The Morgan fingerprint density at radius 2 is 2.00 bits per heavy atom. The van der Waals surface area contributed by atoms with Gasteiger partial charge in [-0.3, -0.25) is 0 Å². The Bertz CT molecular complexity index is 466. The molecular weight excluding hydrogens is 300 g/mol. The minimum absolute atomic E-state index is 0.659. The van der Waals surface area contributed by atoms with Gasteiger partial charge < -0.3 is 9.47 Å². The fraction of sp³-hybridized carbons (Fsp3) is 0.647. The second kappa shape index (κ2) is 8.74. The monoisotopic (exact) mass is 326 g/mol. The number of hydrogen-bond donors (Lipinski definition) is 0. The Morgan fingerprint density at radius 1 is 1.24 bits per heavy atom. The molecule has 0 aromatic carbocycles. The summed E-state index contributed by atoms with van der Waals surface area (Å²) in [5, 5.41) is 0. The van der Waals surface area contributed by atoms with E-state index in [1.807, 2.05) is 18.7 Å². The molecule has 0 amide bonds. The lowest BCUT2D eigenvalue weighted by Crippen LogP contribution is -2.15. The first-order valence-corrected chi connectivity index (χ1v) is 9.78. The summed E-state index contributed by atoms with van der Waals surface area (Å²) in [5.74, 6) is 3.92. The van der Waals surface area contributed by atoms with Gasteiger partial charge in [-0.15, -0.1) is 23.1 Å². The van der Waals surface area contributed by atoms with Crippen LogP contribution in [0, 0.1) is 5.92 Å². The molecule has 2 rings (SSSR count). The first-order chi connectivity index (χ1) is 10.3. The zero-order valence-electron chi connectivity index (χ0n) is 13.3. The number of rotatable bonds is 8. The summed E-state index contributed by atoms with van der Waals surface area (Å²) < 4.78 is 13.0. The van der Waals surface area contributed by atoms with Crippen molar-refractivity contribution in [1.29, 1.82) is 0 Å². The molecule has 0 fully saturated rings. The standard InChI is InChI=1S/C17H26O2S2/c1-4-7-9-13(6-3)12-20-17-16-15(18-10-11-19-16)14(21-17)8-5-2/h5,8,13H,4,6-7,9-12H2,1-3H3/b8-5+. The van der Waals surface area contributed by atoms with E-state index in [0.717, 1.165) is 17.4 Å². The van der Waals surface area contributed by atoms with Crippen molar-refractivity contribution in [3.05, 3.63) is 11.0 Å². The largest absolute Gasteiger partial charge is 0.485 e. The van der Waals surface area contributed by atoms with Gasteiger partial charge in [0, 0.05) is 5.75 Å². The van der Waals surface area contributed by atoms with Crippen LogP contribution in [0.1, 0.15) is 51.3 Å². The van der Waals surface area contributed by atoms with Gasteiger partial charge in [-0.1, -0.05) is 39.2 Å². The maximum absolute atomic E-state index is 5.86. The molecule has 2 heterocycles. The molecule has 0 N–H and O–H groups in total. The van der Waals surface area contributed by atoms with E-state index < -0.39 is 0 Å². The average Bonchev–Trinajstić information content (AvgIpc) is 2.86. The molecule has 0 spiro atoms. The molecule has 1 aromatic rings. The van der Waals surface area contributed by atoms with Gasteiger partial charge in [0.2, 0.25) is 0 Å². The van der Waals surface area contributed by atoms with Crippen molar-refractivity contribution in [2.45, 2.75) is 50.7 Å². The van der Waals surface area contributed by atoms with Crippen LogP contribution in [-0.4, -0.2) is 19.0 Å². The van der Waals surface area contributed by atoms with Crippen LogP contribution in [0.2, 0.25) is 0 Å². The molecule has 1 aromatic heterocycles. The quantitative estimate of drug-likeness (QED) is 0.557. The highest BCUT2D eigenvalue weighted by Crippen LogP contribution is 2.49. The normalized spacial score (nSPS) is 15.6. The van der Waals surface area contributed by atoms with Gasteiger partial charge in [0.05, 0.1) is 4.88 Å². The summed E-state index contributed by atoms with van der Waals surface area (Å²) >= 11 is 3.75. The molecular formula is C17H26O2S2. The highest BCUT2D eigenvalue weighted by molar-refractivity contribution is 8.01. The number of ether oxygens (including phenoxy) is 2. The van der Waals surface area contributed by atoms with Crippen LogP contribution in [0.25, 0.3) is 6.08 Å². The summed E-state index contributed by atoms with van der Waals surface area (Å²) in [7, 11) is 0. The minimum Gasteiger partial charge on any atom is -0.485 e. The van der Waals surface area contributed by atoms with E-state index >= 15 is 0 Å². The van der Waals surface area contributed by atoms with Crippen LogP contribution in [0.3, 0.4) is 0 Å².